The Hall–Kier alpha value is -0.260. The molecule has 0 radical (unpaired) electrons. The molecule has 2 unspecified atom stereocenters. The second kappa shape index (κ2) is 4.69. The van der Waals surface area contributed by atoms with E-state index in [0.29, 0.717) is 5.75 Å². The third-order valence-corrected chi connectivity index (χ3v) is 4.90. The summed E-state index contributed by atoms with van der Waals surface area (Å²) in [6.07, 6.45) is 0.897. The van der Waals surface area contributed by atoms with E-state index in [1.165, 1.54) is 0 Å². The second-order valence-electron chi connectivity index (χ2n) is 6.35. The third kappa shape index (κ3) is 2.68. The molecule has 0 saturated carbocycles. The van der Waals surface area contributed by atoms with Crippen LogP contribution in [0.2, 0.25) is 0 Å². The van der Waals surface area contributed by atoms with Crippen molar-refractivity contribution >= 4 is 17.7 Å². The maximum atomic E-state index is 11.4. The van der Waals surface area contributed by atoms with Crippen LogP contribution in [0.15, 0.2) is 0 Å². The Morgan fingerprint density at radius 2 is 2.06 bits per heavy atom. The van der Waals surface area contributed by atoms with Gasteiger partial charge < -0.3 is 9.84 Å². The molecule has 104 valence electrons. The molecule has 0 aromatic rings. The van der Waals surface area contributed by atoms with Crippen LogP contribution in [0.25, 0.3) is 0 Å². The van der Waals surface area contributed by atoms with E-state index in [-0.39, 0.29) is 23.3 Å². The van der Waals surface area contributed by atoms with Crippen molar-refractivity contribution in [1.29, 1.82) is 0 Å². The summed E-state index contributed by atoms with van der Waals surface area (Å²) in [4.78, 5) is 13.5. The SMILES string of the molecule is CC1(C)CC(N2CCSCC2C(=O)O)C(C)(C)O1. The van der Waals surface area contributed by atoms with Gasteiger partial charge >= 0.3 is 5.97 Å². The predicted molar refractivity (Wildman–Crippen MR) is 73.1 cm³/mol. The van der Waals surface area contributed by atoms with Crippen LogP contribution in [0.5, 0.6) is 0 Å². The Labute approximate surface area is 113 Å². The molecule has 2 saturated heterocycles. The highest BCUT2D eigenvalue weighted by molar-refractivity contribution is 7.99. The highest BCUT2D eigenvalue weighted by Crippen LogP contribution is 2.41. The fraction of sp³-hybridized carbons (Fsp3) is 0.923. The molecule has 0 aliphatic carbocycles. The summed E-state index contributed by atoms with van der Waals surface area (Å²) >= 11 is 1.73. The molecule has 0 bridgehead atoms. The van der Waals surface area contributed by atoms with Gasteiger partial charge in [0, 0.05) is 24.1 Å². The first-order valence-electron chi connectivity index (χ1n) is 6.49. The molecule has 2 aliphatic heterocycles. The molecule has 0 aromatic heterocycles. The van der Waals surface area contributed by atoms with Crippen molar-refractivity contribution < 1.29 is 14.6 Å². The van der Waals surface area contributed by atoms with Crippen LogP contribution in [0.3, 0.4) is 0 Å². The topological polar surface area (TPSA) is 49.8 Å². The van der Waals surface area contributed by atoms with Crippen molar-refractivity contribution in [2.45, 2.75) is 57.4 Å². The molecule has 2 aliphatic rings. The van der Waals surface area contributed by atoms with Gasteiger partial charge in [-0.1, -0.05) is 0 Å². The second-order valence-corrected chi connectivity index (χ2v) is 7.50. The molecule has 0 spiro atoms. The van der Waals surface area contributed by atoms with Crippen LogP contribution >= 0.6 is 11.8 Å². The number of carboxylic acid groups (broad SMARTS) is 1. The minimum absolute atomic E-state index is 0.165. The summed E-state index contributed by atoms with van der Waals surface area (Å²) in [7, 11) is 0. The Bertz CT molecular complexity index is 343. The Balaban J connectivity index is 2.21. The van der Waals surface area contributed by atoms with E-state index in [1.54, 1.807) is 11.8 Å². The van der Waals surface area contributed by atoms with Crippen molar-refractivity contribution in [2.24, 2.45) is 0 Å². The summed E-state index contributed by atoms with van der Waals surface area (Å²) < 4.78 is 6.09. The van der Waals surface area contributed by atoms with Gasteiger partial charge in [-0.3, -0.25) is 9.69 Å². The lowest BCUT2D eigenvalue weighted by Crippen LogP contribution is -2.57. The van der Waals surface area contributed by atoms with Gasteiger partial charge in [0.2, 0.25) is 0 Å². The van der Waals surface area contributed by atoms with Gasteiger partial charge in [0.05, 0.1) is 11.2 Å². The quantitative estimate of drug-likeness (QED) is 0.832. The lowest BCUT2D eigenvalue weighted by molar-refractivity contribution is -0.145. The number of hydrogen-bond donors (Lipinski definition) is 1. The molecule has 2 heterocycles. The smallest absolute Gasteiger partial charge is 0.321 e. The normalized spacial score (nSPS) is 35.6. The maximum Gasteiger partial charge on any atom is 0.321 e. The number of rotatable bonds is 2. The first-order chi connectivity index (χ1) is 8.23. The molecule has 2 fully saturated rings. The minimum Gasteiger partial charge on any atom is -0.480 e. The number of carbonyl (C=O) groups is 1. The average molecular weight is 273 g/mol. The predicted octanol–water partition coefficient (Wildman–Crippen LogP) is 1.83. The van der Waals surface area contributed by atoms with E-state index in [0.717, 1.165) is 18.7 Å². The van der Waals surface area contributed by atoms with Crippen LogP contribution in [-0.2, 0) is 9.53 Å². The van der Waals surface area contributed by atoms with E-state index >= 15 is 0 Å². The third-order valence-electron chi connectivity index (χ3n) is 3.88. The van der Waals surface area contributed by atoms with Crippen molar-refractivity contribution in [3.05, 3.63) is 0 Å². The van der Waals surface area contributed by atoms with E-state index in [1.807, 2.05) is 0 Å². The Morgan fingerprint density at radius 1 is 1.39 bits per heavy atom. The zero-order valence-electron chi connectivity index (χ0n) is 11.6. The zero-order valence-corrected chi connectivity index (χ0v) is 12.4. The fourth-order valence-electron chi connectivity index (χ4n) is 3.25. The summed E-state index contributed by atoms with van der Waals surface area (Å²) in [5.74, 6) is 0.988. The first kappa shape index (κ1) is 14.2. The van der Waals surface area contributed by atoms with Gasteiger partial charge in [0.15, 0.2) is 0 Å². The highest BCUT2D eigenvalue weighted by atomic mass is 32.2. The van der Waals surface area contributed by atoms with E-state index in [2.05, 4.69) is 32.6 Å². The number of carboxylic acids is 1. The summed E-state index contributed by atoms with van der Waals surface area (Å²) in [6, 6.07) is -0.181. The Kier molecular flexibility index (Phi) is 3.69. The Morgan fingerprint density at radius 3 is 2.56 bits per heavy atom. The molecular formula is C13H23NO3S. The summed E-state index contributed by atoms with van der Waals surface area (Å²) in [5, 5.41) is 9.37. The molecule has 4 nitrogen and oxygen atoms in total. The van der Waals surface area contributed by atoms with Gasteiger partial charge in [-0.25, -0.2) is 0 Å². The largest absolute Gasteiger partial charge is 0.480 e. The fourth-order valence-corrected chi connectivity index (χ4v) is 4.32. The van der Waals surface area contributed by atoms with Crippen molar-refractivity contribution in [2.75, 3.05) is 18.1 Å². The maximum absolute atomic E-state index is 11.4. The number of thioether (sulfide) groups is 1. The van der Waals surface area contributed by atoms with Crippen LogP contribution in [-0.4, -0.2) is 57.3 Å². The zero-order chi connectivity index (χ0) is 13.6. The van der Waals surface area contributed by atoms with E-state index in [4.69, 9.17) is 4.74 Å². The van der Waals surface area contributed by atoms with Crippen molar-refractivity contribution in [3.63, 3.8) is 0 Å². The summed E-state index contributed by atoms with van der Waals surface area (Å²) in [5.41, 5.74) is -0.443. The highest BCUT2D eigenvalue weighted by Gasteiger charge is 2.51. The number of ether oxygens (including phenoxy) is 1. The molecule has 5 heteroatoms. The standard InChI is InChI=1S/C13H23NO3S/c1-12(2)7-10(13(3,4)17-12)14-5-6-18-8-9(14)11(15)16/h9-10H,5-8H2,1-4H3,(H,15,16). The lowest BCUT2D eigenvalue weighted by Gasteiger charge is -2.41. The van der Waals surface area contributed by atoms with Crippen LogP contribution in [0.1, 0.15) is 34.1 Å². The number of nitrogens with zero attached hydrogens (tertiary/aromatic N) is 1. The van der Waals surface area contributed by atoms with Crippen molar-refractivity contribution in [3.8, 4) is 0 Å². The molecule has 0 amide bonds. The molecule has 18 heavy (non-hydrogen) atoms. The monoisotopic (exact) mass is 273 g/mol. The van der Waals surface area contributed by atoms with Gasteiger partial charge in [-0.2, -0.15) is 11.8 Å². The molecular weight excluding hydrogens is 250 g/mol. The van der Waals surface area contributed by atoms with Crippen LogP contribution < -0.4 is 0 Å². The number of hydrogen-bond acceptors (Lipinski definition) is 4. The van der Waals surface area contributed by atoms with Gasteiger partial charge in [0.25, 0.3) is 0 Å². The molecule has 0 aromatic carbocycles. The molecule has 1 N–H and O–H groups in total. The summed E-state index contributed by atoms with van der Waals surface area (Å²) in [6.45, 7) is 9.17. The van der Waals surface area contributed by atoms with E-state index in [9.17, 15) is 9.90 Å². The number of aliphatic carboxylic acids is 1. The first-order valence-corrected chi connectivity index (χ1v) is 7.65. The lowest BCUT2D eigenvalue weighted by atomic mass is 9.92. The van der Waals surface area contributed by atoms with E-state index < -0.39 is 5.97 Å². The van der Waals surface area contributed by atoms with Gasteiger partial charge in [-0.05, 0) is 34.1 Å². The van der Waals surface area contributed by atoms with Crippen molar-refractivity contribution in [1.82, 2.24) is 4.90 Å². The van der Waals surface area contributed by atoms with Gasteiger partial charge in [-0.15, -0.1) is 0 Å². The minimum atomic E-state index is -0.706. The van der Waals surface area contributed by atoms with Crippen LogP contribution in [0, 0.1) is 0 Å². The average Bonchev–Trinajstić information content (AvgIpc) is 2.46. The molecule has 2 rings (SSSR count). The molecule has 2 atom stereocenters. The van der Waals surface area contributed by atoms with Crippen LogP contribution in [0.4, 0.5) is 0 Å². The van der Waals surface area contributed by atoms with Gasteiger partial charge in [0.1, 0.15) is 6.04 Å².